The summed E-state index contributed by atoms with van der Waals surface area (Å²) in [7, 11) is 0. The zero-order valence-corrected chi connectivity index (χ0v) is 11.3. The molecule has 1 aromatic carbocycles. The average Bonchev–Trinajstić information content (AvgIpc) is 2.76. The summed E-state index contributed by atoms with van der Waals surface area (Å²) in [6, 6.07) is 11.3. The van der Waals surface area contributed by atoms with Gasteiger partial charge in [-0.25, -0.2) is 0 Å². The van der Waals surface area contributed by atoms with E-state index in [9.17, 15) is 4.79 Å². The SMILES string of the molecule is O=c1ccc(Br)cn1C[C@H]1Cc2ccccc2O1. The molecule has 2 heterocycles. The lowest BCUT2D eigenvalue weighted by atomic mass is 10.1. The molecule has 0 spiro atoms. The topological polar surface area (TPSA) is 31.2 Å². The molecule has 3 rings (SSSR count). The van der Waals surface area contributed by atoms with E-state index in [1.54, 1.807) is 22.9 Å². The minimum absolute atomic E-state index is 0.00208. The van der Waals surface area contributed by atoms with E-state index in [1.807, 2.05) is 18.2 Å². The fourth-order valence-corrected chi connectivity index (χ4v) is 2.60. The number of pyridine rings is 1. The maximum Gasteiger partial charge on any atom is 0.250 e. The number of nitrogens with zero attached hydrogens (tertiary/aromatic N) is 1. The van der Waals surface area contributed by atoms with E-state index in [0.717, 1.165) is 16.6 Å². The van der Waals surface area contributed by atoms with Gasteiger partial charge in [-0.1, -0.05) is 18.2 Å². The summed E-state index contributed by atoms with van der Waals surface area (Å²) in [5.41, 5.74) is 1.21. The predicted octanol–water partition coefficient (Wildman–Crippen LogP) is 2.61. The van der Waals surface area contributed by atoms with Crippen molar-refractivity contribution in [1.29, 1.82) is 0 Å². The van der Waals surface area contributed by atoms with Gasteiger partial charge in [0, 0.05) is 23.2 Å². The molecule has 92 valence electrons. The summed E-state index contributed by atoms with van der Waals surface area (Å²) in [6.07, 6.45) is 2.69. The molecule has 1 aliphatic heterocycles. The van der Waals surface area contributed by atoms with Crippen molar-refractivity contribution in [2.75, 3.05) is 0 Å². The third-order valence-electron chi connectivity index (χ3n) is 3.06. The van der Waals surface area contributed by atoms with E-state index in [-0.39, 0.29) is 11.7 Å². The van der Waals surface area contributed by atoms with E-state index >= 15 is 0 Å². The average molecular weight is 306 g/mol. The van der Waals surface area contributed by atoms with Gasteiger partial charge >= 0.3 is 0 Å². The number of halogens is 1. The lowest BCUT2D eigenvalue weighted by molar-refractivity contribution is 0.207. The molecule has 0 amide bonds. The molecule has 18 heavy (non-hydrogen) atoms. The summed E-state index contributed by atoms with van der Waals surface area (Å²) in [5.74, 6) is 0.936. The summed E-state index contributed by atoms with van der Waals surface area (Å²) < 4.78 is 8.41. The monoisotopic (exact) mass is 305 g/mol. The van der Waals surface area contributed by atoms with Crippen molar-refractivity contribution in [3.8, 4) is 5.75 Å². The van der Waals surface area contributed by atoms with Crippen LogP contribution in [0.2, 0.25) is 0 Å². The van der Waals surface area contributed by atoms with Gasteiger partial charge in [-0.3, -0.25) is 4.79 Å². The van der Waals surface area contributed by atoms with Crippen LogP contribution in [0.5, 0.6) is 5.75 Å². The molecule has 1 aliphatic rings. The van der Waals surface area contributed by atoms with Gasteiger partial charge in [0.05, 0.1) is 6.54 Å². The summed E-state index contributed by atoms with van der Waals surface area (Å²) in [4.78, 5) is 11.7. The highest BCUT2D eigenvalue weighted by molar-refractivity contribution is 9.10. The van der Waals surface area contributed by atoms with E-state index in [2.05, 4.69) is 22.0 Å². The number of hydrogen-bond donors (Lipinski definition) is 0. The Bertz CT molecular complexity index is 611. The van der Waals surface area contributed by atoms with Gasteiger partial charge in [0.25, 0.3) is 5.56 Å². The van der Waals surface area contributed by atoms with Crippen molar-refractivity contribution in [1.82, 2.24) is 4.57 Å². The van der Waals surface area contributed by atoms with Crippen LogP contribution in [0.3, 0.4) is 0 Å². The van der Waals surface area contributed by atoms with Crippen LogP contribution in [0.4, 0.5) is 0 Å². The Balaban J connectivity index is 1.80. The van der Waals surface area contributed by atoms with Gasteiger partial charge in [0.1, 0.15) is 11.9 Å². The lowest BCUT2D eigenvalue weighted by Crippen LogP contribution is -2.28. The highest BCUT2D eigenvalue weighted by Crippen LogP contribution is 2.28. The zero-order valence-electron chi connectivity index (χ0n) is 9.67. The molecular formula is C14H12BrNO2. The Morgan fingerprint density at radius 1 is 1.28 bits per heavy atom. The maximum absolute atomic E-state index is 11.7. The number of benzene rings is 1. The lowest BCUT2D eigenvalue weighted by Gasteiger charge is -2.12. The highest BCUT2D eigenvalue weighted by Gasteiger charge is 2.22. The normalized spacial score (nSPS) is 17.3. The van der Waals surface area contributed by atoms with Crippen molar-refractivity contribution >= 4 is 15.9 Å². The smallest absolute Gasteiger partial charge is 0.250 e. The van der Waals surface area contributed by atoms with Crippen LogP contribution in [0.1, 0.15) is 5.56 Å². The van der Waals surface area contributed by atoms with Gasteiger partial charge in [0.15, 0.2) is 0 Å². The van der Waals surface area contributed by atoms with Crippen LogP contribution in [-0.2, 0) is 13.0 Å². The Labute approximate surface area is 113 Å². The maximum atomic E-state index is 11.7. The van der Waals surface area contributed by atoms with Crippen LogP contribution < -0.4 is 10.3 Å². The van der Waals surface area contributed by atoms with Crippen LogP contribution in [-0.4, -0.2) is 10.7 Å². The first-order chi connectivity index (χ1) is 8.72. The van der Waals surface area contributed by atoms with E-state index in [4.69, 9.17) is 4.74 Å². The van der Waals surface area contributed by atoms with E-state index < -0.39 is 0 Å². The first kappa shape index (κ1) is 11.5. The summed E-state index contributed by atoms with van der Waals surface area (Å²) in [5, 5.41) is 0. The zero-order chi connectivity index (χ0) is 12.5. The molecule has 0 saturated heterocycles. The van der Waals surface area contributed by atoms with Gasteiger partial charge < -0.3 is 9.30 Å². The predicted molar refractivity (Wildman–Crippen MR) is 73.0 cm³/mol. The molecule has 0 radical (unpaired) electrons. The quantitative estimate of drug-likeness (QED) is 0.854. The van der Waals surface area contributed by atoms with Gasteiger partial charge in [-0.2, -0.15) is 0 Å². The molecular weight excluding hydrogens is 294 g/mol. The van der Waals surface area contributed by atoms with Crippen LogP contribution in [0.15, 0.2) is 51.9 Å². The second kappa shape index (κ2) is 4.61. The number of para-hydroxylation sites is 1. The molecule has 0 N–H and O–H groups in total. The second-order valence-electron chi connectivity index (χ2n) is 4.39. The number of ether oxygens (including phenoxy) is 1. The molecule has 0 saturated carbocycles. The molecule has 1 atom stereocenters. The van der Waals surface area contributed by atoms with Crippen LogP contribution in [0, 0.1) is 0 Å². The van der Waals surface area contributed by atoms with Crippen molar-refractivity contribution in [2.45, 2.75) is 19.1 Å². The van der Waals surface area contributed by atoms with E-state index in [1.165, 1.54) is 5.56 Å². The molecule has 1 aromatic heterocycles. The Morgan fingerprint density at radius 2 is 2.11 bits per heavy atom. The van der Waals surface area contributed by atoms with Crippen molar-refractivity contribution in [2.24, 2.45) is 0 Å². The molecule has 0 aliphatic carbocycles. The molecule has 0 unspecified atom stereocenters. The highest BCUT2D eigenvalue weighted by atomic mass is 79.9. The van der Waals surface area contributed by atoms with Gasteiger partial charge in [-0.05, 0) is 33.6 Å². The van der Waals surface area contributed by atoms with Crippen molar-refractivity contribution in [3.63, 3.8) is 0 Å². The standard InChI is InChI=1S/C14H12BrNO2/c15-11-5-6-14(17)16(8-11)9-12-7-10-3-1-2-4-13(10)18-12/h1-6,8,12H,7,9H2/t12-/m1/s1. The number of aromatic nitrogens is 1. The molecule has 0 bridgehead atoms. The largest absolute Gasteiger partial charge is 0.488 e. The fraction of sp³-hybridized carbons (Fsp3) is 0.214. The molecule has 4 heteroatoms. The molecule has 2 aromatic rings. The van der Waals surface area contributed by atoms with Crippen molar-refractivity contribution in [3.05, 3.63) is 63.0 Å². The third-order valence-corrected chi connectivity index (χ3v) is 3.53. The minimum atomic E-state index is -0.00208. The Hall–Kier alpha value is -1.55. The second-order valence-corrected chi connectivity index (χ2v) is 5.31. The Kier molecular flexibility index (Phi) is 2.96. The van der Waals surface area contributed by atoms with Crippen LogP contribution in [0.25, 0.3) is 0 Å². The van der Waals surface area contributed by atoms with E-state index in [0.29, 0.717) is 6.54 Å². The molecule has 0 fully saturated rings. The first-order valence-electron chi connectivity index (χ1n) is 5.83. The minimum Gasteiger partial charge on any atom is -0.488 e. The van der Waals surface area contributed by atoms with Crippen LogP contribution >= 0.6 is 15.9 Å². The fourth-order valence-electron chi connectivity index (χ4n) is 2.22. The summed E-state index contributed by atoms with van der Waals surface area (Å²) >= 11 is 3.37. The molecule has 3 nitrogen and oxygen atoms in total. The summed E-state index contributed by atoms with van der Waals surface area (Å²) in [6.45, 7) is 0.576. The van der Waals surface area contributed by atoms with Crippen molar-refractivity contribution < 1.29 is 4.74 Å². The number of hydrogen-bond acceptors (Lipinski definition) is 2. The number of fused-ring (bicyclic) bond motifs is 1. The van der Waals surface area contributed by atoms with Gasteiger partial charge in [-0.15, -0.1) is 0 Å². The Morgan fingerprint density at radius 3 is 2.94 bits per heavy atom. The first-order valence-corrected chi connectivity index (χ1v) is 6.62. The van der Waals surface area contributed by atoms with Gasteiger partial charge in [0.2, 0.25) is 0 Å². The third kappa shape index (κ3) is 2.20. The number of rotatable bonds is 2.